The number of carbonyl (C=O) groups is 1. The molecule has 0 aromatic heterocycles. The van der Waals surface area contributed by atoms with Crippen LogP contribution in [0.4, 0.5) is 0 Å². The van der Waals surface area contributed by atoms with Gasteiger partial charge in [-0.05, 0) is 12.8 Å². The monoisotopic (exact) mass is 157 g/mol. The molecule has 11 heavy (non-hydrogen) atoms. The van der Waals surface area contributed by atoms with Crippen LogP contribution in [-0.4, -0.2) is 23.9 Å². The van der Waals surface area contributed by atoms with Crippen LogP contribution in [0.1, 0.15) is 34.1 Å². The summed E-state index contributed by atoms with van der Waals surface area (Å²) in [5.41, 5.74) is 0. The van der Waals surface area contributed by atoms with Gasteiger partial charge in [0.15, 0.2) is 0 Å². The van der Waals surface area contributed by atoms with E-state index in [0.717, 1.165) is 13.1 Å². The van der Waals surface area contributed by atoms with Crippen molar-refractivity contribution in [2.75, 3.05) is 13.1 Å². The van der Waals surface area contributed by atoms with E-state index in [2.05, 4.69) is 0 Å². The molecule has 1 heterocycles. The molecule has 1 aliphatic heterocycles. The van der Waals surface area contributed by atoms with Gasteiger partial charge in [-0.2, -0.15) is 0 Å². The highest BCUT2D eigenvalue weighted by molar-refractivity contribution is 5.78. The molecule has 1 fully saturated rings. The molecule has 0 aromatic rings. The topological polar surface area (TPSA) is 20.3 Å². The van der Waals surface area contributed by atoms with E-state index in [-0.39, 0.29) is 13.3 Å². The van der Waals surface area contributed by atoms with Crippen LogP contribution in [0.5, 0.6) is 0 Å². The molecule has 0 aliphatic carbocycles. The smallest absolute Gasteiger partial charge is 0.225 e. The molecule has 1 amide bonds. The van der Waals surface area contributed by atoms with Crippen molar-refractivity contribution in [1.82, 2.24) is 4.90 Å². The molecule has 0 aromatic carbocycles. The molecule has 1 saturated heterocycles. The van der Waals surface area contributed by atoms with E-state index in [1.165, 1.54) is 12.8 Å². The second-order valence-electron chi connectivity index (χ2n) is 3.19. The lowest BCUT2D eigenvalue weighted by atomic mass is 10.2. The molecule has 2 nitrogen and oxygen atoms in total. The van der Waals surface area contributed by atoms with Crippen LogP contribution in [0.15, 0.2) is 0 Å². The minimum atomic E-state index is 0. The number of hydrogen-bond acceptors (Lipinski definition) is 1. The molecule has 0 atom stereocenters. The van der Waals surface area contributed by atoms with Crippen LogP contribution in [0.25, 0.3) is 0 Å². The normalized spacial score (nSPS) is 16.8. The first kappa shape index (κ1) is 10.5. The van der Waals surface area contributed by atoms with Gasteiger partial charge in [0.2, 0.25) is 5.91 Å². The lowest BCUT2D eigenvalue weighted by molar-refractivity contribution is -0.133. The number of hydrogen-bond donors (Lipinski definition) is 0. The Labute approximate surface area is 69.6 Å². The number of nitrogens with zero attached hydrogens (tertiary/aromatic N) is 1. The van der Waals surface area contributed by atoms with Crippen molar-refractivity contribution in [3.63, 3.8) is 0 Å². The van der Waals surface area contributed by atoms with Crippen LogP contribution in [0, 0.1) is 5.92 Å². The Kier molecular flexibility index (Phi) is 4.16. The summed E-state index contributed by atoms with van der Waals surface area (Å²) >= 11 is 0. The van der Waals surface area contributed by atoms with E-state index in [4.69, 9.17) is 0 Å². The SMILES string of the molecule is C.CC(C)C(=O)N1CCCC1. The summed E-state index contributed by atoms with van der Waals surface area (Å²) in [6, 6.07) is 0. The molecule has 0 radical (unpaired) electrons. The molecule has 0 unspecified atom stereocenters. The van der Waals surface area contributed by atoms with Crippen molar-refractivity contribution in [2.45, 2.75) is 34.1 Å². The van der Waals surface area contributed by atoms with Gasteiger partial charge in [-0.25, -0.2) is 0 Å². The molecule has 0 bridgehead atoms. The van der Waals surface area contributed by atoms with Gasteiger partial charge in [-0.3, -0.25) is 4.79 Å². The first-order valence-corrected chi connectivity index (χ1v) is 4.00. The lowest BCUT2D eigenvalue weighted by Crippen LogP contribution is -2.31. The van der Waals surface area contributed by atoms with Crippen molar-refractivity contribution in [1.29, 1.82) is 0 Å². The van der Waals surface area contributed by atoms with Crippen LogP contribution in [-0.2, 0) is 4.79 Å². The Morgan fingerprint density at radius 2 is 1.73 bits per heavy atom. The zero-order valence-corrected chi connectivity index (χ0v) is 6.76. The van der Waals surface area contributed by atoms with E-state index < -0.39 is 0 Å². The largest absolute Gasteiger partial charge is 0.342 e. The fraction of sp³-hybridized carbons (Fsp3) is 0.889. The third-order valence-electron chi connectivity index (χ3n) is 1.91. The van der Waals surface area contributed by atoms with E-state index >= 15 is 0 Å². The van der Waals surface area contributed by atoms with Gasteiger partial charge in [-0.1, -0.05) is 21.3 Å². The van der Waals surface area contributed by atoms with Gasteiger partial charge in [0.1, 0.15) is 0 Å². The molecule has 2 heteroatoms. The van der Waals surface area contributed by atoms with Gasteiger partial charge in [0, 0.05) is 19.0 Å². The Morgan fingerprint density at radius 3 is 2.09 bits per heavy atom. The lowest BCUT2D eigenvalue weighted by Gasteiger charge is -2.17. The van der Waals surface area contributed by atoms with Gasteiger partial charge in [-0.15, -0.1) is 0 Å². The molecule has 1 rings (SSSR count). The summed E-state index contributed by atoms with van der Waals surface area (Å²) in [6.45, 7) is 5.88. The van der Waals surface area contributed by atoms with Crippen LogP contribution < -0.4 is 0 Å². The summed E-state index contributed by atoms with van der Waals surface area (Å²) in [4.78, 5) is 13.2. The highest BCUT2D eigenvalue weighted by Gasteiger charge is 2.19. The first-order valence-electron chi connectivity index (χ1n) is 4.00. The number of likely N-dealkylation sites (tertiary alicyclic amines) is 1. The zero-order chi connectivity index (χ0) is 7.56. The van der Waals surface area contributed by atoms with Crippen molar-refractivity contribution in [3.05, 3.63) is 0 Å². The summed E-state index contributed by atoms with van der Waals surface area (Å²) in [7, 11) is 0. The van der Waals surface area contributed by atoms with Gasteiger partial charge in [0.05, 0.1) is 0 Å². The second kappa shape index (κ2) is 4.37. The van der Waals surface area contributed by atoms with Crippen molar-refractivity contribution in [3.8, 4) is 0 Å². The maximum atomic E-state index is 11.3. The number of carbonyl (C=O) groups excluding carboxylic acids is 1. The molecule has 0 spiro atoms. The summed E-state index contributed by atoms with van der Waals surface area (Å²) in [5.74, 6) is 0.496. The molecular weight excluding hydrogens is 138 g/mol. The first-order chi connectivity index (χ1) is 4.72. The minimum absolute atomic E-state index is 0. The third-order valence-corrected chi connectivity index (χ3v) is 1.91. The van der Waals surface area contributed by atoms with Crippen LogP contribution in [0.2, 0.25) is 0 Å². The van der Waals surface area contributed by atoms with Crippen LogP contribution in [0.3, 0.4) is 0 Å². The fourth-order valence-electron chi connectivity index (χ4n) is 1.30. The van der Waals surface area contributed by atoms with Crippen molar-refractivity contribution < 1.29 is 4.79 Å². The maximum Gasteiger partial charge on any atom is 0.225 e. The van der Waals surface area contributed by atoms with Crippen molar-refractivity contribution >= 4 is 5.91 Å². The summed E-state index contributed by atoms with van der Waals surface area (Å²) in [5, 5.41) is 0. The Bertz CT molecular complexity index is 126. The van der Waals surface area contributed by atoms with E-state index in [9.17, 15) is 4.79 Å². The molecule has 0 saturated carbocycles. The highest BCUT2D eigenvalue weighted by atomic mass is 16.2. The van der Waals surface area contributed by atoms with Gasteiger partial charge >= 0.3 is 0 Å². The molecule has 0 N–H and O–H groups in total. The van der Waals surface area contributed by atoms with Crippen molar-refractivity contribution in [2.24, 2.45) is 5.92 Å². The third kappa shape index (κ3) is 2.52. The standard InChI is InChI=1S/C8H15NO.CH4/c1-7(2)8(10)9-5-3-4-6-9;/h7H,3-6H2,1-2H3;1H4. The summed E-state index contributed by atoms with van der Waals surface area (Å²) < 4.78 is 0. The molecular formula is C9H19NO. The molecule has 66 valence electrons. The average Bonchev–Trinajstić information content (AvgIpc) is 2.36. The second-order valence-corrected chi connectivity index (χ2v) is 3.19. The molecule has 1 aliphatic rings. The minimum Gasteiger partial charge on any atom is -0.342 e. The number of rotatable bonds is 1. The van der Waals surface area contributed by atoms with E-state index in [0.29, 0.717) is 5.91 Å². The predicted molar refractivity (Wildman–Crippen MR) is 47.4 cm³/mol. The average molecular weight is 157 g/mol. The van der Waals surface area contributed by atoms with E-state index in [1.54, 1.807) is 0 Å². The fourth-order valence-corrected chi connectivity index (χ4v) is 1.30. The van der Waals surface area contributed by atoms with Gasteiger partial charge < -0.3 is 4.90 Å². The Hall–Kier alpha value is -0.530. The van der Waals surface area contributed by atoms with E-state index in [1.807, 2.05) is 18.7 Å². The maximum absolute atomic E-state index is 11.3. The Balaban J connectivity index is 0.000001000. The quantitative estimate of drug-likeness (QED) is 0.569. The van der Waals surface area contributed by atoms with Crippen LogP contribution >= 0.6 is 0 Å². The summed E-state index contributed by atoms with van der Waals surface area (Å²) in [6.07, 6.45) is 2.39. The Morgan fingerprint density at radius 1 is 1.27 bits per heavy atom. The number of amides is 1. The predicted octanol–water partition coefficient (Wildman–Crippen LogP) is 1.90. The zero-order valence-electron chi connectivity index (χ0n) is 6.76. The van der Waals surface area contributed by atoms with Gasteiger partial charge in [0.25, 0.3) is 0 Å². The highest BCUT2D eigenvalue weighted by Crippen LogP contribution is 2.10.